The molecule has 4 nitrogen and oxygen atoms in total. The monoisotopic (exact) mass is 437 g/mol. The average molecular weight is 438 g/mol. The normalized spacial score (nSPS) is 20.9. The topological polar surface area (TPSA) is 35.9 Å². The van der Waals surface area contributed by atoms with Gasteiger partial charge in [0.25, 0.3) is 5.91 Å². The number of rotatable bonds is 6. The van der Waals surface area contributed by atoms with Gasteiger partial charge in [-0.05, 0) is 49.7 Å². The number of unbranched alkanes of at least 4 members (excludes halogenated alkanes) is 1. The van der Waals surface area contributed by atoms with E-state index < -0.39 is 0 Å². The Bertz CT molecular complexity index is 987. The molecule has 1 saturated heterocycles. The third kappa shape index (κ3) is 4.03. The number of benzene rings is 2. The summed E-state index contributed by atoms with van der Waals surface area (Å²) < 4.78 is 0. The molecule has 1 atom stereocenters. The minimum atomic E-state index is 0.00526. The van der Waals surface area contributed by atoms with Crippen LogP contribution in [0, 0.1) is 0 Å². The number of anilines is 1. The zero-order chi connectivity index (χ0) is 21.1. The van der Waals surface area contributed by atoms with Crippen molar-refractivity contribution in [1.29, 1.82) is 0 Å². The fourth-order valence-corrected chi connectivity index (χ4v) is 6.11. The highest BCUT2D eigenvalue weighted by molar-refractivity contribution is 8.19. The number of fused-ring (bicyclic) bond motifs is 1. The number of thioether (sulfide) groups is 2. The Hall–Kier alpha value is -2.18. The van der Waals surface area contributed by atoms with Crippen molar-refractivity contribution in [3.8, 4) is 0 Å². The quantitative estimate of drug-likeness (QED) is 0.498. The van der Waals surface area contributed by atoms with Crippen LogP contribution in [-0.2, 0) is 4.79 Å². The molecule has 2 aliphatic rings. The summed E-state index contributed by atoms with van der Waals surface area (Å²) in [5, 5.41) is 1.85. The number of hydrogen-bond acceptors (Lipinski definition) is 5. The molecule has 1 fully saturated rings. The van der Waals surface area contributed by atoms with E-state index in [0.717, 1.165) is 40.1 Å². The second kappa shape index (κ2) is 9.31. The van der Waals surface area contributed by atoms with Crippen molar-refractivity contribution in [2.75, 3.05) is 18.0 Å². The fourth-order valence-electron chi connectivity index (χ4n) is 3.63. The van der Waals surface area contributed by atoms with Gasteiger partial charge in [-0.1, -0.05) is 67.6 Å². The van der Waals surface area contributed by atoms with E-state index in [-0.39, 0.29) is 11.9 Å². The molecule has 0 spiro atoms. The van der Waals surface area contributed by atoms with Gasteiger partial charge in [-0.15, -0.1) is 0 Å². The van der Waals surface area contributed by atoms with Gasteiger partial charge >= 0.3 is 0 Å². The Morgan fingerprint density at radius 2 is 1.70 bits per heavy atom. The molecule has 1 amide bonds. The largest absolute Gasteiger partial charge is 0.334 e. The van der Waals surface area contributed by atoms with Crippen molar-refractivity contribution in [3.05, 3.63) is 70.1 Å². The van der Waals surface area contributed by atoms with Crippen LogP contribution in [-0.4, -0.2) is 29.1 Å². The van der Waals surface area contributed by atoms with Gasteiger partial charge in [-0.3, -0.25) is 14.7 Å². The van der Waals surface area contributed by atoms with Crippen molar-refractivity contribution in [2.24, 2.45) is 4.99 Å². The number of hydrogen-bond donors (Lipinski definition) is 0. The second-order valence-electron chi connectivity index (χ2n) is 7.36. The molecule has 0 bridgehead atoms. The van der Waals surface area contributed by atoms with Crippen LogP contribution in [0.2, 0.25) is 0 Å². The zero-order valence-corrected chi connectivity index (χ0v) is 19.3. The summed E-state index contributed by atoms with van der Waals surface area (Å²) in [7, 11) is 0. The molecule has 4 rings (SSSR count). The minimum absolute atomic E-state index is 0.00526. The van der Waals surface area contributed by atoms with Gasteiger partial charge in [0.1, 0.15) is 9.93 Å². The van der Waals surface area contributed by atoms with Crippen LogP contribution in [0.1, 0.15) is 45.2 Å². The van der Waals surface area contributed by atoms with Crippen LogP contribution < -0.4 is 4.90 Å². The predicted octanol–water partition coefficient (Wildman–Crippen LogP) is 6.28. The molecule has 2 aromatic rings. The summed E-state index contributed by atoms with van der Waals surface area (Å²) in [4.78, 5) is 24.6. The van der Waals surface area contributed by atoms with Gasteiger partial charge in [0, 0.05) is 18.0 Å². The second-order valence-corrected chi connectivity index (χ2v) is 9.37. The van der Waals surface area contributed by atoms with Crippen LogP contribution in [0.15, 0.2) is 74.4 Å². The molecular weight excluding hydrogens is 410 g/mol. The lowest BCUT2D eigenvalue weighted by atomic mass is 10.1. The molecule has 2 aliphatic heterocycles. The van der Waals surface area contributed by atoms with Crippen molar-refractivity contribution >= 4 is 40.3 Å². The van der Waals surface area contributed by atoms with E-state index in [4.69, 9.17) is 4.99 Å². The Kier molecular flexibility index (Phi) is 6.54. The van der Waals surface area contributed by atoms with Gasteiger partial charge in [0.05, 0.1) is 11.7 Å². The SMILES string of the molecule is CCCCN1C(=O)/C(=C2/Sc3ccccc3N2CC)SC1=N[C@H](C)c1ccccc1. The Morgan fingerprint density at radius 3 is 2.43 bits per heavy atom. The van der Waals surface area contributed by atoms with Gasteiger partial charge < -0.3 is 4.90 Å². The van der Waals surface area contributed by atoms with E-state index >= 15 is 0 Å². The standard InChI is InChI=1S/C24H27N3OS2/c1-4-6-16-27-22(28)21(23-26(5-2)19-14-10-11-15-20(19)29-23)30-24(27)25-17(3)18-12-8-7-9-13-18/h7-15,17H,4-6,16H2,1-3H3/b23-21-,25-24?/t17-/m1/s1. The number of aliphatic imine (C=N–C) groups is 1. The lowest BCUT2D eigenvalue weighted by Gasteiger charge is -2.19. The maximum absolute atomic E-state index is 13.5. The van der Waals surface area contributed by atoms with Gasteiger partial charge in [-0.25, -0.2) is 0 Å². The van der Waals surface area contributed by atoms with Crippen molar-refractivity contribution in [1.82, 2.24) is 4.90 Å². The lowest BCUT2D eigenvalue weighted by Crippen LogP contribution is -2.31. The summed E-state index contributed by atoms with van der Waals surface area (Å²) in [5.41, 5.74) is 2.34. The summed E-state index contributed by atoms with van der Waals surface area (Å²) in [6.45, 7) is 7.92. The number of carbonyl (C=O) groups is 1. The van der Waals surface area contributed by atoms with Crippen LogP contribution in [0.3, 0.4) is 0 Å². The first-order valence-electron chi connectivity index (χ1n) is 10.5. The predicted molar refractivity (Wildman–Crippen MR) is 129 cm³/mol. The molecular formula is C24H27N3OS2. The zero-order valence-electron chi connectivity index (χ0n) is 17.7. The molecule has 2 heterocycles. The Balaban J connectivity index is 1.70. The van der Waals surface area contributed by atoms with Gasteiger partial charge in [-0.2, -0.15) is 0 Å². The third-order valence-electron chi connectivity index (χ3n) is 5.30. The highest BCUT2D eigenvalue weighted by atomic mass is 32.2. The third-order valence-corrected chi connectivity index (χ3v) is 7.70. The van der Waals surface area contributed by atoms with Crippen LogP contribution in [0.5, 0.6) is 0 Å². The molecule has 0 saturated carbocycles. The van der Waals surface area contributed by atoms with Gasteiger partial charge in [0.2, 0.25) is 0 Å². The molecule has 0 aromatic heterocycles. The maximum Gasteiger partial charge on any atom is 0.269 e. The molecule has 156 valence electrons. The molecule has 0 radical (unpaired) electrons. The fraction of sp³-hybridized carbons (Fsp3) is 0.333. The molecule has 0 aliphatic carbocycles. The smallest absolute Gasteiger partial charge is 0.269 e. The summed E-state index contributed by atoms with van der Waals surface area (Å²) in [5.74, 6) is 0.0845. The highest BCUT2D eigenvalue weighted by Gasteiger charge is 2.39. The number of para-hydroxylation sites is 1. The number of carbonyl (C=O) groups excluding carboxylic acids is 1. The van der Waals surface area contributed by atoms with E-state index in [1.165, 1.54) is 22.3 Å². The summed E-state index contributed by atoms with van der Waals surface area (Å²) in [6, 6.07) is 18.6. The molecule has 0 unspecified atom stereocenters. The summed E-state index contributed by atoms with van der Waals surface area (Å²) in [6.07, 6.45) is 2.02. The first kappa shape index (κ1) is 21.1. The molecule has 6 heteroatoms. The van der Waals surface area contributed by atoms with Crippen LogP contribution in [0.4, 0.5) is 5.69 Å². The molecule has 0 N–H and O–H groups in total. The van der Waals surface area contributed by atoms with Crippen LogP contribution in [0.25, 0.3) is 0 Å². The number of amidine groups is 1. The molecule has 2 aromatic carbocycles. The summed E-state index contributed by atoms with van der Waals surface area (Å²) >= 11 is 3.23. The van der Waals surface area contributed by atoms with E-state index in [1.54, 1.807) is 11.8 Å². The Morgan fingerprint density at radius 1 is 0.967 bits per heavy atom. The lowest BCUT2D eigenvalue weighted by molar-refractivity contribution is -0.122. The van der Waals surface area contributed by atoms with E-state index in [1.807, 2.05) is 23.1 Å². The average Bonchev–Trinajstić information content (AvgIpc) is 3.29. The van der Waals surface area contributed by atoms with E-state index in [2.05, 4.69) is 62.1 Å². The van der Waals surface area contributed by atoms with Crippen molar-refractivity contribution < 1.29 is 4.79 Å². The first-order valence-corrected chi connectivity index (χ1v) is 12.2. The van der Waals surface area contributed by atoms with Crippen LogP contribution >= 0.6 is 23.5 Å². The molecule has 30 heavy (non-hydrogen) atoms. The number of amides is 1. The van der Waals surface area contributed by atoms with Crippen molar-refractivity contribution in [3.63, 3.8) is 0 Å². The van der Waals surface area contributed by atoms with E-state index in [0.29, 0.717) is 6.54 Å². The van der Waals surface area contributed by atoms with E-state index in [9.17, 15) is 4.79 Å². The first-order chi connectivity index (χ1) is 14.6. The Labute approximate surface area is 187 Å². The minimum Gasteiger partial charge on any atom is -0.334 e. The maximum atomic E-state index is 13.5. The highest BCUT2D eigenvalue weighted by Crippen LogP contribution is 2.50. The van der Waals surface area contributed by atoms with Crippen molar-refractivity contribution in [2.45, 2.75) is 44.6 Å². The van der Waals surface area contributed by atoms with Gasteiger partial charge in [0.15, 0.2) is 5.17 Å². The number of nitrogens with zero attached hydrogens (tertiary/aromatic N) is 3.